The number of amides is 2. The van der Waals surface area contributed by atoms with Crippen LogP contribution < -0.4 is 20.4 Å². The number of rotatable bonds is 6. The summed E-state index contributed by atoms with van der Waals surface area (Å²) in [6, 6.07) is 2.36. The summed E-state index contributed by atoms with van der Waals surface area (Å²) in [7, 11) is 8.76. The zero-order valence-corrected chi connectivity index (χ0v) is 23.5. The number of hydrogen-bond donors (Lipinski definition) is 5. The van der Waals surface area contributed by atoms with Gasteiger partial charge in [0.2, 0.25) is 11.5 Å². The Morgan fingerprint density at radius 2 is 1.77 bits per heavy atom. The third kappa shape index (κ3) is 6.22. The minimum atomic E-state index is -0.899. The van der Waals surface area contributed by atoms with E-state index in [-0.39, 0.29) is 46.0 Å². The van der Waals surface area contributed by atoms with Crippen LogP contribution >= 0.6 is 11.6 Å². The first kappa shape index (κ1) is 30.0. The van der Waals surface area contributed by atoms with Crippen molar-refractivity contribution in [3.8, 4) is 28.7 Å². The number of phenols is 4. The third-order valence-corrected chi connectivity index (χ3v) is 6.95. The van der Waals surface area contributed by atoms with Crippen LogP contribution in [0.15, 0.2) is 12.1 Å². The van der Waals surface area contributed by atoms with E-state index in [0.29, 0.717) is 18.7 Å². The molecule has 2 aromatic carbocycles. The highest BCUT2D eigenvalue weighted by atomic mass is 35.5. The molecule has 13 heteroatoms. The molecule has 3 rings (SSSR count). The van der Waals surface area contributed by atoms with E-state index in [0.717, 1.165) is 0 Å². The van der Waals surface area contributed by atoms with E-state index in [1.807, 2.05) is 11.8 Å². The first-order chi connectivity index (χ1) is 18.1. The number of anilines is 1. The van der Waals surface area contributed by atoms with Gasteiger partial charge >= 0.3 is 6.09 Å². The highest BCUT2D eigenvalue weighted by Gasteiger charge is 2.34. The second-order valence-corrected chi connectivity index (χ2v) is 10.8. The lowest BCUT2D eigenvalue weighted by Crippen LogP contribution is -2.43. The quantitative estimate of drug-likeness (QED) is 0.204. The van der Waals surface area contributed by atoms with Crippen LogP contribution in [0.1, 0.15) is 50.0 Å². The van der Waals surface area contributed by atoms with Crippen LogP contribution in [0.25, 0.3) is 0 Å². The van der Waals surface area contributed by atoms with Crippen molar-refractivity contribution >= 4 is 42.6 Å². The number of halogens is 1. The summed E-state index contributed by atoms with van der Waals surface area (Å²) in [5, 5.41) is 42.9. The zero-order chi connectivity index (χ0) is 29.4. The Kier molecular flexibility index (Phi) is 8.71. The second-order valence-electron chi connectivity index (χ2n) is 10.4. The lowest BCUT2D eigenvalue weighted by Gasteiger charge is -2.27. The van der Waals surface area contributed by atoms with Gasteiger partial charge in [0.15, 0.2) is 11.5 Å². The molecule has 2 unspecified atom stereocenters. The molecular formula is C26H33BClN3O8. The molecule has 1 saturated heterocycles. The molecule has 0 spiro atoms. The highest BCUT2D eigenvalue weighted by Crippen LogP contribution is 2.43. The number of nitrogens with zero attached hydrogens (tertiary/aromatic N) is 2. The topological polar surface area (TPSA) is 152 Å². The van der Waals surface area contributed by atoms with E-state index >= 15 is 0 Å². The Bertz CT molecular complexity index is 1250. The van der Waals surface area contributed by atoms with E-state index < -0.39 is 40.6 Å². The minimum absolute atomic E-state index is 0.0491. The Hall–Kier alpha value is -3.51. The Balaban J connectivity index is 1.77. The van der Waals surface area contributed by atoms with Crippen LogP contribution in [0.5, 0.6) is 28.7 Å². The summed E-state index contributed by atoms with van der Waals surface area (Å²) in [6.45, 7) is 7.66. The highest BCUT2D eigenvalue weighted by molar-refractivity contribution is 6.36. The Morgan fingerprint density at radius 3 is 2.36 bits per heavy atom. The van der Waals surface area contributed by atoms with Gasteiger partial charge in [-0.2, -0.15) is 0 Å². The summed E-state index contributed by atoms with van der Waals surface area (Å²) >= 11 is 6.45. The number of likely N-dealkylation sites (tertiary alicyclic amines) is 1. The molecule has 2 radical (unpaired) electrons. The lowest BCUT2D eigenvalue weighted by molar-refractivity contribution is 0.0589. The smallest absolute Gasteiger partial charge is 0.414 e. The van der Waals surface area contributed by atoms with Crippen LogP contribution in [0.4, 0.5) is 10.5 Å². The number of carbonyl (C=O) groups excluding carboxylic acids is 2. The number of methoxy groups -OCH3 is 1. The molecule has 0 aliphatic carbocycles. The van der Waals surface area contributed by atoms with E-state index in [9.17, 15) is 30.0 Å². The molecular weight excluding hydrogens is 529 g/mol. The Labute approximate surface area is 233 Å². The van der Waals surface area contributed by atoms with Crippen molar-refractivity contribution in [3.05, 3.63) is 28.3 Å². The van der Waals surface area contributed by atoms with E-state index in [4.69, 9.17) is 28.9 Å². The van der Waals surface area contributed by atoms with E-state index in [1.165, 1.54) is 31.2 Å². The van der Waals surface area contributed by atoms with Crippen molar-refractivity contribution in [3.63, 3.8) is 0 Å². The summed E-state index contributed by atoms with van der Waals surface area (Å²) in [5.74, 6) is -3.35. The summed E-state index contributed by atoms with van der Waals surface area (Å²) in [5.41, 5.74) is -0.429. The predicted octanol–water partition coefficient (Wildman–Crippen LogP) is 2.73. The second kappa shape index (κ2) is 11.3. The van der Waals surface area contributed by atoms with Crippen molar-refractivity contribution in [1.29, 1.82) is 0 Å². The molecule has 1 heterocycles. The summed E-state index contributed by atoms with van der Waals surface area (Å²) < 4.78 is 10.8. The van der Waals surface area contributed by atoms with Crippen LogP contribution in [-0.2, 0) is 11.3 Å². The van der Waals surface area contributed by atoms with Crippen molar-refractivity contribution in [2.24, 2.45) is 0 Å². The molecule has 0 bridgehead atoms. The number of hydrogen-bond acceptors (Lipinski definition) is 9. The van der Waals surface area contributed by atoms with Gasteiger partial charge in [0.05, 0.1) is 23.4 Å². The van der Waals surface area contributed by atoms with Crippen LogP contribution in [0.3, 0.4) is 0 Å². The molecule has 0 saturated carbocycles. The number of phenolic OH excluding ortho intramolecular Hbond substituents is 4. The standard InChI is InChI=1S/C26H33BClN3O8/c1-12-16(7-8-31(12)11-14-19(27)21(33)23(35)22(34)20(14)32)29-24(36)13-9-15(28)17(10-18(13)38-6)30(5)25(37)39-26(2,3)4/h9-10,12,16,32-35H,7-8,11H2,1-6H3,(H,29,36). The first-order valence-electron chi connectivity index (χ1n) is 12.2. The zero-order valence-electron chi connectivity index (χ0n) is 22.7. The van der Waals surface area contributed by atoms with Gasteiger partial charge in [-0.05, 0) is 45.6 Å². The van der Waals surface area contributed by atoms with Gasteiger partial charge in [0.1, 0.15) is 19.2 Å². The lowest BCUT2D eigenvalue weighted by atomic mass is 9.87. The molecule has 11 nitrogen and oxygen atoms in total. The fraction of sp³-hybridized carbons (Fsp3) is 0.462. The fourth-order valence-electron chi connectivity index (χ4n) is 4.37. The maximum Gasteiger partial charge on any atom is 0.414 e. The van der Waals surface area contributed by atoms with Crippen LogP contribution in [0, 0.1) is 0 Å². The molecule has 210 valence electrons. The molecule has 1 aliphatic rings. The Morgan fingerprint density at radius 1 is 1.15 bits per heavy atom. The molecule has 2 amide bonds. The largest absolute Gasteiger partial charge is 0.505 e. The van der Waals surface area contributed by atoms with Crippen molar-refractivity contribution < 1.29 is 39.5 Å². The minimum Gasteiger partial charge on any atom is -0.505 e. The average Bonchev–Trinajstić information content (AvgIpc) is 3.20. The molecule has 0 aromatic heterocycles. The van der Waals surface area contributed by atoms with Gasteiger partial charge in [-0.3, -0.25) is 14.6 Å². The monoisotopic (exact) mass is 561 g/mol. The number of benzene rings is 2. The average molecular weight is 562 g/mol. The fourth-order valence-corrected chi connectivity index (χ4v) is 4.66. The van der Waals surface area contributed by atoms with Crippen molar-refractivity contribution in [2.45, 2.75) is 58.3 Å². The maximum absolute atomic E-state index is 13.3. The molecule has 39 heavy (non-hydrogen) atoms. The molecule has 1 fully saturated rings. The third-order valence-electron chi connectivity index (χ3n) is 6.64. The van der Waals surface area contributed by atoms with Gasteiger partial charge in [-0.1, -0.05) is 11.6 Å². The first-order valence-corrected chi connectivity index (χ1v) is 12.6. The molecule has 5 N–H and O–H groups in total. The maximum atomic E-state index is 13.3. The van der Waals surface area contributed by atoms with Crippen LogP contribution in [-0.4, -0.2) is 83.6 Å². The van der Waals surface area contributed by atoms with Gasteiger partial charge in [-0.25, -0.2) is 4.79 Å². The molecule has 2 aromatic rings. The number of ether oxygens (including phenoxy) is 2. The van der Waals surface area contributed by atoms with Gasteiger partial charge in [0.25, 0.3) is 5.91 Å². The number of nitrogens with one attached hydrogen (secondary N) is 1. The summed E-state index contributed by atoms with van der Waals surface area (Å²) in [6.07, 6.45) is -0.0652. The van der Waals surface area contributed by atoms with Crippen LogP contribution in [0.2, 0.25) is 5.02 Å². The van der Waals surface area contributed by atoms with E-state index in [2.05, 4.69) is 5.32 Å². The van der Waals surface area contributed by atoms with Crippen molar-refractivity contribution in [2.75, 3.05) is 25.6 Å². The van der Waals surface area contributed by atoms with Gasteiger partial charge < -0.3 is 35.2 Å². The van der Waals surface area contributed by atoms with Gasteiger partial charge in [-0.15, -0.1) is 0 Å². The molecule has 2 atom stereocenters. The predicted molar refractivity (Wildman–Crippen MR) is 147 cm³/mol. The number of carbonyl (C=O) groups is 2. The van der Waals surface area contributed by atoms with Gasteiger partial charge in [0, 0.05) is 43.9 Å². The number of aromatic hydroxyl groups is 4. The molecule has 1 aliphatic heterocycles. The van der Waals surface area contributed by atoms with Crippen molar-refractivity contribution in [1.82, 2.24) is 10.2 Å². The van der Waals surface area contributed by atoms with E-state index in [1.54, 1.807) is 20.8 Å². The normalized spacial score (nSPS) is 17.6. The summed E-state index contributed by atoms with van der Waals surface area (Å²) in [4.78, 5) is 28.9. The SMILES string of the molecule is [B]c1c(O)c(O)c(O)c(O)c1CN1CCC(NC(=O)c2cc(Cl)c(N(C)C(=O)OC(C)(C)C)cc2OC)C1C.